The molecule has 2 heteroatoms. The highest BCUT2D eigenvalue weighted by Gasteiger charge is 2.23. The van der Waals surface area contributed by atoms with Crippen molar-refractivity contribution in [1.82, 2.24) is 4.98 Å². The van der Waals surface area contributed by atoms with E-state index >= 15 is 0 Å². The number of aromatic nitrogens is 1. The fraction of sp³-hybridized carbons (Fsp3) is 0.286. The largest absolute Gasteiger partial charge is 0.354 e. The van der Waals surface area contributed by atoms with E-state index in [4.69, 9.17) is 0 Å². The van der Waals surface area contributed by atoms with E-state index < -0.39 is 0 Å². The first-order chi connectivity index (χ1) is 11.4. The zero-order chi connectivity index (χ0) is 15.6. The minimum Gasteiger partial charge on any atom is -0.354 e. The molecule has 1 N–H and O–H groups in total. The van der Waals surface area contributed by atoms with E-state index in [2.05, 4.69) is 41.4 Å². The van der Waals surface area contributed by atoms with Gasteiger partial charge in [0.2, 0.25) is 0 Å². The van der Waals surface area contributed by atoms with Gasteiger partial charge in [-0.05, 0) is 36.0 Å². The Morgan fingerprint density at radius 1 is 0.957 bits per heavy atom. The fourth-order valence-corrected chi connectivity index (χ4v) is 3.96. The van der Waals surface area contributed by atoms with Gasteiger partial charge in [0.15, 0.2) is 0 Å². The third-order valence-corrected chi connectivity index (χ3v) is 5.07. The third kappa shape index (κ3) is 2.59. The predicted octanol–water partition coefficient (Wildman–Crippen LogP) is 5.70. The Balaban J connectivity index is 1.93. The number of aromatic amines is 1. The highest BCUT2D eigenvalue weighted by Crippen LogP contribution is 2.42. The van der Waals surface area contributed by atoms with E-state index in [1.54, 1.807) is 0 Å². The summed E-state index contributed by atoms with van der Waals surface area (Å²) in [6.45, 7) is 0. The van der Waals surface area contributed by atoms with Crippen molar-refractivity contribution in [3.05, 3.63) is 59.7 Å². The lowest BCUT2D eigenvalue weighted by Crippen LogP contribution is -2.05. The molecule has 0 amide bonds. The van der Waals surface area contributed by atoms with E-state index in [0.717, 1.165) is 17.4 Å². The average Bonchev–Trinajstić information content (AvgIpc) is 3.01. The number of aldehydes is 1. The average molecular weight is 303 g/mol. The molecule has 1 aliphatic rings. The minimum absolute atomic E-state index is 0.620. The maximum absolute atomic E-state index is 11.1. The zero-order valence-electron chi connectivity index (χ0n) is 13.2. The van der Waals surface area contributed by atoms with E-state index in [1.165, 1.54) is 54.3 Å². The van der Waals surface area contributed by atoms with Gasteiger partial charge in [0.25, 0.3) is 0 Å². The molecule has 3 aromatic rings. The van der Waals surface area contributed by atoms with E-state index in [9.17, 15) is 4.79 Å². The fourth-order valence-electron chi connectivity index (χ4n) is 3.96. The SMILES string of the molecule is O=Cc1ccc2c(C3CCCCC3)c(-c3ccccc3)[nH]c2c1. The van der Waals surface area contributed by atoms with Gasteiger partial charge in [-0.15, -0.1) is 0 Å². The molecule has 1 aromatic heterocycles. The lowest BCUT2D eigenvalue weighted by molar-refractivity contribution is 0.112. The molecule has 0 radical (unpaired) electrons. The molecule has 1 aliphatic carbocycles. The van der Waals surface area contributed by atoms with Crippen LogP contribution in [0.25, 0.3) is 22.2 Å². The van der Waals surface area contributed by atoms with Crippen molar-refractivity contribution in [3.63, 3.8) is 0 Å². The number of H-pyrrole nitrogens is 1. The molecule has 4 rings (SSSR count). The van der Waals surface area contributed by atoms with Crippen molar-refractivity contribution in [3.8, 4) is 11.3 Å². The summed E-state index contributed by atoms with van der Waals surface area (Å²) >= 11 is 0. The van der Waals surface area contributed by atoms with Crippen LogP contribution in [0.5, 0.6) is 0 Å². The van der Waals surface area contributed by atoms with E-state index in [0.29, 0.717) is 5.92 Å². The molecule has 0 aliphatic heterocycles. The summed E-state index contributed by atoms with van der Waals surface area (Å²) < 4.78 is 0. The van der Waals surface area contributed by atoms with Gasteiger partial charge in [-0.2, -0.15) is 0 Å². The van der Waals surface area contributed by atoms with Crippen molar-refractivity contribution in [2.24, 2.45) is 0 Å². The van der Waals surface area contributed by atoms with Gasteiger partial charge in [0.1, 0.15) is 6.29 Å². The smallest absolute Gasteiger partial charge is 0.150 e. The molecule has 116 valence electrons. The number of carbonyl (C=O) groups excluding carboxylic acids is 1. The predicted molar refractivity (Wildman–Crippen MR) is 94.9 cm³/mol. The molecule has 0 unspecified atom stereocenters. The van der Waals surface area contributed by atoms with E-state index in [-0.39, 0.29) is 0 Å². The van der Waals surface area contributed by atoms with Crippen LogP contribution >= 0.6 is 0 Å². The summed E-state index contributed by atoms with van der Waals surface area (Å²) in [5.74, 6) is 0.620. The second-order valence-corrected chi connectivity index (χ2v) is 6.54. The van der Waals surface area contributed by atoms with Crippen LogP contribution in [0.3, 0.4) is 0 Å². The summed E-state index contributed by atoms with van der Waals surface area (Å²) in [6, 6.07) is 16.6. The summed E-state index contributed by atoms with van der Waals surface area (Å²) in [6.07, 6.45) is 7.44. The first-order valence-electron chi connectivity index (χ1n) is 8.53. The standard InChI is InChI=1S/C21H21NO/c23-14-15-11-12-18-19(13-15)22-21(17-9-5-2-6-10-17)20(18)16-7-3-1-4-8-16/h2,5-6,9-14,16,22H,1,3-4,7-8H2. The molecule has 0 spiro atoms. The molecule has 2 nitrogen and oxygen atoms in total. The van der Waals surface area contributed by atoms with Gasteiger partial charge < -0.3 is 4.98 Å². The molecule has 1 saturated carbocycles. The summed E-state index contributed by atoms with van der Waals surface area (Å²) in [5.41, 5.74) is 5.72. The second kappa shape index (κ2) is 6.04. The molecular weight excluding hydrogens is 282 g/mol. The molecule has 0 bridgehead atoms. The van der Waals surface area contributed by atoms with Crippen LogP contribution in [0.1, 0.15) is 53.9 Å². The number of carbonyl (C=O) groups is 1. The van der Waals surface area contributed by atoms with Crippen LogP contribution in [0.2, 0.25) is 0 Å². The maximum atomic E-state index is 11.1. The van der Waals surface area contributed by atoms with Crippen LogP contribution in [0.15, 0.2) is 48.5 Å². The van der Waals surface area contributed by atoms with Crippen LogP contribution in [0.4, 0.5) is 0 Å². The number of fused-ring (bicyclic) bond motifs is 1. The summed E-state index contributed by atoms with van der Waals surface area (Å²) in [7, 11) is 0. The number of hydrogen-bond donors (Lipinski definition) is 1. The van der Waals surface area contributed by atoms with Crippen molar-refractivity contribution in [2.45, 2.75) is 38.0 Å². The Labute approximate surface area is 136 Å². The van der Waals surface area contributed by atoms with Gasteiger partial charge in [-0.25, -0.2) is 0 Å². The number of nitrogens with one attached hydrogen (secondary N) is 1. The van der Waals surface area contributed by atoms with Crippen molar-refractivity contribution >= 4 is 17.2 Å². The maximum Gasteiger partial charge on any atom is 0.150 e. The lowest BCUT2D eigenvalue weighted by Gasteiger charge is -2.23. The van der Waals surface area contributed by atoms with Crippen LogP contribution in [0, 0.1) is 0 Å². The summed E-state index contributed by atoms with van der Waals surface area (Å²) in [5, 5.41) is 1.28. The van der Waals surface area contributed by atoms with Crippen molar-refractivity contribution in [1.29, 1.82) is 0 Å². The van der Waals surface area contributed by atoms with Gasteiger partial charge >= 0.3 is 0 Å². The Kier molecular flexibility index (Phi) is 3.74. The Bertz CT molecular complexity index is 826. The highest BCUT2D eigenvalue weighted by molar-refractivity contribution is 5.94. The van der Waals surface area contributed by atoms with Gasteiger partial charge in [0, 0.05) is 22.2 Å². The van der Waals surface area contributed by atoms with Crippen LogP contribution in [-0.4, -0.2) is 11.3 Å². The molecule has 1 fully saturated rings. The second-order valence-electron chi connectivity index (χ2n) is 6.54. The van der Waals surface area contributed by atoms with Gasteiger partial charge in [0.05, 0.1) is 0 Å². The zero-order valence-corrected chi connectivity index (χ0v) is 13.2. The minimum atomic E-state index is 0.620. The molecule has 2 aromatic carbocycles. The quantitative estimate of drug-likeness (QED) is 0.619. The van der Waals surface area contributed by atoms with Gasteiger partial charge in [-0.1, -0.05) is 61.7 Å². The van der Waals surface area contributed by atoms with Gasteiger partial charge in [-0.3, -0.25) is 4.79 Å². The lowest BCUT2D eigenvalue weighted by atomic mass is 9.82. The van der Waals surface area contributed by atoms with Crippen LogP contribution in [-0.2, 0) is 0 Å². The molecule has 0 atom stereocenters. The topological polar surface area (TPSA) is 32.9 Å². The first kappa shape index (κ1) is 14.3. The summed E-state index contributed by atoms with van der Waals surface area (Å²) in [4.78, 5) is 14.7. The van der Waals surface area contributed by atoms with Crippen molar-refractivity contribution < 1.29 is 4.79 Å². The highest BCUT2D eigenvalue weighted by atomic mass is 16.1. The molecule has 1 heterocycles. The number of rotatable bonds is 3. The third-order valence-electron chi connectivity index (χ3n) is 5.07. The number of hydrogen-bond acceptors (Lipinski definition) is 1. The van der Waals surface area contributed by atoms with E-state index in [1.807, 2.05) is 12.1 Å². The molecule has 0 saturated heterocycles. The monoisotopic (exact) mass is 303 g/mol. The van der Waals surface area contributed by atoms with Crippen LogP contribution < -0.4 is 0 Å². The Hall–Kier alpha value is -2.35. The Morgan fingerprint density at radius 3 is 2.48 bits per heavy atom. The van der Waals surface area contributed by atoms with Crippen molar-refractivity contribution in [2.75, 3.05) is 0 Å². The molecular formula is C21H21NO. The Morgan fingerprint density at radius 2 is 1.74 bits per heavy atom. The first-order valence-corrected chi connectivity index (χ1v) is 8.53. The normalized spacial score (nSPS) is 15.8. The number of benzene rings is 2. The molecule has 23 heavy (non-hydrogen) atoms.